The predicted octanol–water partition coefficient (Wildman–Crippen LogP) is 1.68. The molecule has 0 aromatic rings. The molecule has 0 saturated carbocycles. The number of carboxylic acids is 1. The van der Waals surface area contributed by atoms with Gasteiger partial charge in [0.05, 0.1) is 0 Å². The molecule has 2 heterocycles. The summed E-state index contributed by atoms with van der Waals surface area (Å²) in [6.07, 6.45) is 4.70. The summed E-state index contributed by atoms with van der Waals surface area (Å²) in [7, 11) is -3.66. The maximum absolute atomic E-state index is 12.8. The maximum atomic E-state index is 12.8. The fourth-order valence-electron chi connectivity index (χ4n) is 3.49. The van der Waals surface area contributed by atoms with Crippen molar-refractivity contribution in [3.8, 4) is 0 Å². The van der Waals surface area contributed by atoms with E-state index in [9.17, 15) is 18.3 Å². The van der Waals surface area contributed by atoms with E-state index in [0.717, 1.165) is 32.1 Å². The SMILES string of the molecule is CCC1(CC)CCN(S(=O)(=O)N2CCCCC2C(=O)O)C1. The van der Waals surface area contributed by atoms with E-state index < -0.39 is 22.2 Å². The summed E-state index contributed by atoms with van der Waals surface area (Å²) in [6, 6.07) is -0.901. The van der Waals surface area contributed by atoms with Gasteiger partial charge in [-0.25, -0.2) is 0 Å². The number of carboxylic acid groups (broad SMARTS) is 1. The summed E-state index contributed by atoms with van der Waals surface area (Å²) in [4.78, 5) is 11.3. The highest BCUT2D eigenvalue weighted by molar-refractivity contribution is 7.86. The Balaban J connectivity index is 2.20. The van der Waals surface area contributed by atoms with Crippen LogP contribution in [0.4, 0.5) is 0 Å². The summed E-state index contributed by atoms with van der Waals surface area (Å²) < 4.78 is 28.3. The van der Waals surface area contributed by atoms with E-state index in [1.165, 1.54) is 8.61 Å². The van der Waals surface area contributed by atoms with Gasteiger partial charge in [-0.3, -0.25) is 4.79 Å². The van der Waals surface area contributed by atoms with Gasteiger partial charge in [0.2, 0.25) is 0 Å². The van der Waals surface area contributed by atoms with Crippen molar-refractivity contribution in [1.29, 1.82) is 0 Å². The van der Waals surface area contributed by atoms with Crippen LogP contribution in [-0.2, 0) is 15.0 Å². The average Bonchev–Trinajstić information content (AvgIpc) is 2.93. The minimum Gasteiger partial charge on any atom is -0.480 e. The molecule has 21 heavy (non-hydrogen) atoms. The molecule has 0 radical (unpaired) electrons. The fraction of sp³-hybridized carbons (Fsp3) is 0.929. The van der Waals surface area contributed by atoms with Crippen LogP contribution in [0.15, 0.2) is 0 Å². The van der Waals surface area contributed by atoms with Gasteiger partial charge in [0, 0.05) is 19.6 Å². The second-order valence-electron chi connectivity index (χ2n) is 6.26. The first-order valence-corrected chi connectivity index (χ1v) is 9.26. The van der Waals surface area contributed by atoms with Crippen molar-refractivity contribution in [3.63, 3.8) is 0 Å². The quantitative estimate of drug-likeness (QED) is 0.836. The molecule has 7 heteroatoms. The highest BCUT2D eigenvalue weighted by Crippen LogP contribution is 2.39. The van der Waals surface area contributed by atoms with Gasteiger partial charge in [-0.15, -0.1) is 0 Å². The minimum absolute atomic E-state index is 0.0571. The lowest BCUT2D eigenvalue weighted by Crippen LogP contribution is -2.53. The first-order chi connectivity index (χ1) is 9.86. The summed E-state index contributed by atoms with van der Waals surface area (Å²) in [5, 5.41) is 9.29. The zero-order chi connectivity index (χ0) is 15.7. The third-order valence-electron chi connectivity index (χ3n) is 5.26. The van der Waals surface area contributed by atoms with Gasteiger partial charge in [0.25, 0.3) is 10.2 Å². The van der Waals surface area contributed by atoms with Gasteiger partial charge in [0.15, 0.2) is 0 Å². The highest BCUT2D eigenvalue weighted by Gasteiger charge is 2.45. The summed E-state index contributed by atoms with van der Waals surface area (Å²) in [6.45, 7) is 5.54. The Labute approximate surface area is 127 Å². The van der Waals surface area contributed by atoms with Gasteiger partial charge in [-0.2, -0.15) is 17.0 Å². The topological polar surface area (TPSA) is 77.9 Å². The van der Waals surface area contributed by atoms with Gasteiger partial charge < -0.3 is 5.11 Å². The Morgan fingerprint density at radius 2 is 1.90 bits per heavy atom. The number of rotatable bonds is 5. The highest BCUT2D eigenvalue weighted by atomic mass is 32.2. The molecule has 0 aromatic heterocycles. The molecule has 122 valence electrons. The summed E-state index contributed by atoms with van der Waals surface area (Å²) in [5.41, 5.74) is 0.0571. The lowest BCUT2D eigenvalue weighted by molar-refractivity contribution is -0.142. The molecular weight excluding hydrogens is 292 g/mol. The molecule has 0 amide bonds. The predicted molar refractivity (Wildman–Crippen MR) is 80.1 cm³/mol. The molecule has 1 unspecified atom stereocenters. The first-order valence-electron chi connectivity index (χ1n) is 7.86. The Morgan fingerprint density at radius 1 is 1.24 bits per heavy atom. The zero-order valence-electron chi connectivity index (χ0n) is 12.9. The fourth-order valence-corrected chi connectivity index (χ4v) is 5.43. The van der Waals surface area contributed by atoms with E-state index in [0.29, 0.717) is 26.1 Å². The summed E-state index contributed by atoms with van der Waals surface area (Å²) in [5.74, 6) is -1.03. The van der Waals surface area contributed by atoms with Crippen molar-refractivity contribution in [1.82, 2.24) is 8.61 Å². The monoisotopic (exact) mass is 318 g/mol. The molecule has 0 aromatic carbocycles. The lowest BCUT2D eigenvalue weighted by Gasteiger charge is -2.35. The Morgan fingerprint density at radius 3 is 2.43 bits per heavy atom. The standard InChI is InChI=1S/C14H26N2O4S/c1-3-14(4-2)8-10-15(11-14)21(19,20)16-9-6-5-7-12(16)13(17)18/h12H,3-11H2,1-2H3,(H,17,18). The van der Waals surface area contributed by atoms with Crippen molar-refractivity contribution in [2.45, 2.75) is 58.4 Å². The number of carbonyl (C=O) groups is 1. The van der Waals surface area contributed by atoms with Crippen molar-refractivity contribution in [2.75, 3.05) is 19.6 Å². The minimum atomic E-state index is -3.66. The van der Waals surface area contributed by atoms with Crippen molar-refractivity contribution in [3.05, 3.63) is 0 Å². The van der Waals surface area contributed by atoms with Crippen molar-refractivity contribution in [2.24, 2.45) is 5.41 Å². The van der Waals surface area contributed by atoms with Gasteiger partial charge >= 0.3 is 5.97 Å². The third-order valence-corrected chi connectivity index (χ3v) is 7.26. The van der Waals surface area contributed by atoms with Gasteiger partial charge in [-0.05, 0) is 43.9 Å². The van der Waals surface area contributed by atoms with Crippen LogP contribution in [0.2, 0.25) is 0 Å². The average molecular weight is 318 g/mol. The van der Waals surface area contributed by atoms with E-state index in [1.807, 2.05) is 0 Å². The smallest absolute Gasteiger partial charge is 0.322 e. The Bertz CT molecular complexity index is 487. The van der Waals surface area contributed by atoms with Crippen LogP contribution in [0.5, 0.6) is 0 Å². The van der Waals surface area contributed by atoms with Gasteiger partial charge in [0.1, 0.15) is 6.04 Å². The van der Waals surface area contributed by atoms with Crippen LogP contribution in [0.1, 0.15) is 52.4 Å². The molecule has 0 bridgehead atoms. The van der Waals surface area contributed by atoms with E-state index in [4.69, 9.17) is 0 Å². The molecule has 2 aliphatic heterocycles. The van der Waals surface area contributed by atoms with Crippen LogP contribution in [-0.4, -0.2) is 53.8 Å². The molecule has 0 spiro atoms. The molecule has 1 N–H and O–H groups in total. The van der Waals surface area contributed by atoms with Gasteiger partial charge in [-0.1, -0.05) is 13.8 Å². The second kappa shape index (κ2) is 6.22. The lowest BCUT2D eigenvalue weighted by atomic mass is 9.82. The molecule has 0 aliphatic carbocycles. The number of nitrogens with zero attached hydrogens (tertiary/aromatic N) is 2. The molecule has 2 saturated heterocycles. The third kappa shape index (κ3) is 3.10. The van der Waals surface area contributed by atoms with E-state index >= 15 is 0 Å². The zero-order valence-corrected chi connectivity index (χ0v) is 13.7. The molecule has 2 fully saturated rings. The van der Waals surface area contributed by atoms with Crippen LogP contribution >= 0.6 is 0 Å². The largest absolute Gasteiger partial charge is 0.480 e. The van der Waals surface area contributed by atoms with Crippen LogP contribution in [0, 0.1) is 5.41 Å². The number of hydrogen-bond acceptors (Lipinski definition) is 3. The van der Waals surface area contributed by atoms with E-state index in [-0.39, 0.29) is 5.41 Å². The molecule has 2 rings (SSSR count). The molecule has 2 aliphatic rings. The number of piperidine rings is 1. The number of hydrogen-bond donors (Lipinski definition) is 1. The molecular formula is C14H26N2O4S. The van der Waals surface area contributed by atoms with Crippen molar-refractivity contribution < 1.29 is 18.3 Å². The van der Waals surface area contributed by atoms with E-state index in [1.54, 1.807) is 0 Å². The number of aliphatic carboxylic acids is 1. The summed E-state index contributed by atoms with van der Waals surface area (Å²) >= 11 is 0. The molecule has 1 atom stereocenters. The second-order valence-corrected chi connectivity index (χ2v) is 8.14. The molecule has 6 nitrogen and oxygen atoms in total. The van der Waals surface area contributed by atoms with Crippen molar-refractivity contribution >= 4 is 16.2 Å². The Hall–Kier alpha value is -0.660. The first kappa shape index (κ1) is 16.7. The maximum Gasteiger partial charge on any atom is 0.322 e. The normalized spacial score (nSPS) is 27.8. The van der Waals surface area contributed by atoms with Crippen LogP contribution in [0.3, 0.4) is 0 Å². The van der Waals surface area contributed by atoms with Crippen LogP contribution < -0.4 is 0 Å². The van der Waals surface area contributed by atoms with Crippen LogP contribution in [0.25, 0.3) is 0 Å². The van der Waals surface area contributed by atoms with E-state index in [2.05, 4.69) is 13.8 Å². The Kier molecular flexibility index (Phi) is 4.95.